The molecule has 13 nitrogen and oxygen atoms in total. The molecule has 5 rings (SSSR count). The number of aromatic hydroxyl groups is 2. The summed E-state index contributed by atoms with van der Waals surface area (Å²) >= 11 is 0. The van der Waals surface area contributed by atoms with Crippen LogP contribution in [-0.2, 0) is 42.2 Å². The molecule has 15 heteroatoms. The van der Waals surface area contributed by atoms with Gasteiger partial charge in [0.05, 0.1) is 43.3 Å². The zero-order valence-electron chi connectivity index (χ0n) is 24.9. The molecule has 3 aromatic carbocycles. The number of carbonyl (C=O) groups is 2. The minimum absolute atomic E-state index is 0. The Kier molecular flexibility index (Phi) is 12.4. The molecule has 1 aromatic heterocycles. The van der Waals surface area contributed by atoms with Crippen molar-refractivity contribution in [2.45, 2.75) is 6.82 Å². The van der Waals surface area contributed by atoms with Gasteiger partial charge in [-0.25, -0.2) is 0 Å². The molecule has 3 radical (unpaired) electrons. The predicted molar refractivity (Wildman–Crippen MR) is 164 cm³/mol. The van der Waals surface area contributed by atoms with Crippen molar-refractivity contribution in [1.82, 2.24) is 15.0 Å². The summed E-state index contributed by atoms with van der Waals surface area (Å²) in [6.07, 6.45) is 2.54. The number of methoxy groups -OCH3 is 2. The summed E-state index contributed by atoms with van der Waals surface area (Å²) in [5.41, 5.74) is 11.9. The van der Waals surface area contributed by atoms with Gasteiger partial charge in [0.2, 0.25) is 17.6 Å². The standard InChI is InChI=1S/C29H27N6O7.CH3B.Y/c1-40-11-9-35(10-12-41-2)28-32-14-33-29(34-28)42-16-5-3-15(4-6-16)17-13-19(31)22-24(25(17)37)27(39)21-18(30)7-8-20(36)23(21)26(22)38;1-2;/h3-8,13,36-37H,9-12,30-31H2,1-2H3;1H3;/q-1;;. The van der Waals surface area contributed by atoms with Crippen LogP contribution in [0.3, 0.4) is 0 Å². The number of ketones is 2. The fourth-order valence-corrected chi connectivity index (χ4v) is 4.67. The molecule has 0 unspecified atom stereocenters. The maximum Gasteiger partial charge on any atom is 0.206 e. The third kappa shape index (κ3) is 7.25. The van der Waals surface area contributed by atoms with Gasteiger partial charge in [0.25, 0.3) is 0 Å². The molecule has 1 heterocycles. The van der Waals surface area contributed by atoms with E-state index in [1.165, 1.54) is 25.0 Å². The molecule has 229 valence electrons. The van der Waals surface area contributed by atoms with Gasteiger partial charge < -0.3 is 50.8 Å². The van der Waals surface area contributed by atoms with E-state index in [2.05, 4.69) is 29.1 Å². The first-order valence-electron chi connectivity index (χ1n) is 13.3. The predicted octanol–water partition coefficient (Wildman–Crippen LogP) is 2.78. The van der Waals surface area contributed by atoms with Crippen LogP contribution in [0.25, 0.3) is 11.1 Å². The molecule has 6 N–H and O–H groups in total. The van der Waals surface area contributed by atoms with E-state index in [9.17, 15) is 19.8 Å². The SMILES string of the molecule is COCCN(CCOC)c1n[c-]nc(Oc2ccc(-c3cc(N)c4c(c3O)C(=O)c3c(N)ccc(O)c3C4=O)cc2)n1.[B]C.[Y]. The van der Waals surface area contributed by atoms with Gasteiger partial charge in [-0.1, -0.05) is 19.0 Å². The first-order valence-corrected chi connectivity index (χ1v) is 13.3. The summed E-state index contributed by atoms with van der Waals surface area (Å²) in [6.45, 7) is 3.45. The van der Waals surface area contributed by atoms with Crippen LogP contribution in [0.15, 0.2) is 42.5 Å². The Bertz CT molecular complexity index is 1680. The van der Waals surface area contributed by atoms with Crippen molar-refractivity contribution in [1.29, 1.82) is 0 Å². The van der Waals surface area contributed by atoms with Crippen LogP contribution >= 0.6 is 0 Å². The maximum absolute atomic E-state index is 13.4. The Morgan fingerprint density at radius 2 is 1.44 bits per heavy atom. The number of nitrogen functional groups attached to an aromatic ring is 2. The number of hydrogen-bond acceptors (Lipinski definition) is 13. The van der Waals surface area contributed by atoms with Gasteiger partial charge in [0.15, 0.2) is 0 Å². The van der Waals surface area contributed by atoms with Crippen molar-refractivity contribution in [2.75, 3.05) is 56.9 Å². The molecule has 0 fully saturated rings. The Morgan fingerprint density at radius 1 is 0.844 bits per heavy atom. The molecular formula is C30H30BN6O7Y-. The molecular weight excluding hydrogens is 656 g/mol. The number of nitrogens with two attached hydrogens (primary N) is 2. The van der Waals surface area contributed by atoms with Crippen LogP contribution in [-0.4, -0.2) is 85.1 Å². The molecule has 0 saturated carbocycles. The normalized spacial score (nSPS) is 11.4. The number of fused-ring (bicyclic) bond motifs is 2. The number of hydrogen-bond donors (Lipinski definition) is 4. The summed E-state index contributed by atoms with van der Waals surface area (Å²) in [7, 11) is 7.70. The molecule has 0 spiro atoms. The largest absolute Gasteiger partial charge is 0.507 e. The zero-order chi connectivity index (χ0) is 32.0. The van der Waals surface area contributed by atoms with Crippen LogP contribution in [0, 0.1) is 6.33 Å². The average molecular weight is 686 g/mol. The van der Waals surface area contributed by atoms with E-state index >= 15 is 0 Å². The second-order valence-electron chi connectivity index (χ2n) is 9.31. The fourth-order valence-electron chi connectivity index (χ4n) is 4.67. The molecule has 0 aliphatic heterocycles. The smallest absolute Gasteiger partial charge is 0.206 e. The fraction of sp³-hybridized carbons (Fsp3) is 0.233. The molecule has 4 aromatic rings. The van der Waals surface area contributed by atoms with Crippen LogP contribution in [0.2, 0.25) is 6.82 Å². The molecule has 45 heavy (non-hydrogen) atoms. The third-order valence-electron chi connectivity index (χ3n) is 6.73. The molecule has 0 atom stereocenters. The molecule has 0 amide bonds. The van der Waals surface area contributed by atoms with E-state index in [0.29, 0.717) is 43.6 Å². The van der Waals surface area contributed by atoms with Gasteiger partial charge in [0, 0.05) is 83.3 Å². The van der Waals surface area contributed by atoms with Crippen LogP contribution < -0.4 is 21.1 Å². The van der Waals surface area contributed by atoms with Gasteiger partial charge in [0.1, 0.15) is 23.2 Å². The number of carbonyl (C=O) groups excluding carboxylic acids is 2. The van der Waals surface area contributed by atoms with Gasteiger partial charge in [-0.3, -0.25) is 14.6 Å². The number of aromatic nitrogens is 3. The first-order chi connectivity index (χ1) is 21.2. The topological polar surface area (TPSA) is 196 Å². The van der Waals surface area contributed by atoms with Crippen LogP contribution in [0.5, 0.6) is 23.3 Å². The van der Waals surface area contributed by atoms with Crippen molar-refractivity contribution in [3.8, 4) is 34.4 Å². The minimum Gasteiger partial charge on any atom is -0.507 e. The quantitative estimate of drug-likeness (QED) is 0.0726. The van der Waals surface area contributed by atoms with E-state index in [0.717, 1.165) is 0 Å². The first kappa shape index (κ1) is 35.4. The van der Waals surface area contributed by atoms with E-state index in [-0.39, 0.29) is 77.9 Å². The van der Waals surface area contributed by atoms with Gasteiger partial charge >= 0.3 is 0 Å². The Morgan fingerprint density at radius 3 is 2.07 bits per heavy atom. The summed E-state index contributed by atoms with van der Waals surface area (Å²) in [5, 5.41) is 21.4. The third-order valence-corrected chi connectivity index (χ3v) is 6.73. The summed E-state index contributed by atoms with van der Waals surface area (Å²) in [4.78, 5) is 40.9. The van der Waals surface area contributed by atoms with Crippen molar-refractivity contribution >= 4 is 36.7 Å². The van der Waals surface area contributed by atoms with E-state index in [1.54, 1.807) is 38.5 Å². The Hall–Kier alpha value is -4.10. The zero-order valence-corrected chi connectivity index (χ0v) is 27.7. The van der Waals surface area contributed by atoms with Crippen LogP contribution in [0.4, 0.5) is 17.3 Å². The van der Waals surface area contributed by atoms with Crippen molar-refractivity contribution < 1.29 is 66.7 Å². The number of nitrogens with zero attached hydrogens (tertiary/aromatic N) is 4. The molecule has 1 aliphatic carbocycles. The van der Waals surface area contributed by atoms with Crippen molar-refractivity contribution in [3.63, 3.8) is 0 Å². The number of anilines is 3. The maximum atomic E-state index is 13.4. The summed E-state index contributed by atoms with van der Waals surface area (Å²) in [5.74, 6) is -1.55. The molecule has 0 bridgehead atoms. The summed E-state index contributed by atoms with van der Waals surface area (Å²) < 4.78 is 16.1. The van der Waals surface area contributed by atoms with Crippen LogP contribution in [0.1, 0.15) is 31.8 Å². The Balaban J connectivity index is 0.00000180. The van der Waals surface area contributed by atoms with Gasteiger partial charge in [-0.05, 0) is 35.9 Å². The summed E-state index contributed by atoms with van der Waals surface area (Å²) in [6, 6.07) is 10.4. The van der Waals surface area contributed by atoms with Gasteiger partial charge in [-0.15, -0.1) is 0 Å². The van der Waals surface area contributed by atoms with Crippen molar-refractivity contribution in [3.05, 3.63) is 71.0 Å². The van der Waals surface area contributed by atoms with Crippen molar-refractivity contribution in [2.24, 2.45) is 0 Å². The minimum atomic E-state index is -0.717. The average Bonchev–Trinajstić information content (AvgIpc) is 3.03. The van der Waals surface area contributed by atoms with E-state index < -0.39 is 23.1 Å². The number of phenols is 2. The second-order valence-corrected chi connectivity index (χ2v) is 9.31. The van der Waals surface area contributed by atoms with E-state index in [1.807, 2.05) is 4.90 Å². The van der Waals surface area contributed by atoms with Gasteiger partial charge in [-0.2, -0.15) is 0 Å². The molecule has 0 saturated heterocycles. The number of ether oxygens (including phenoxy) is 3. The number of benzene rings is 3. The molecule has 1 aliphatic rings. The monoisotopic (exact) mass is 686 g/mol. The second kappa shape index (κ2) is 15.8. The van der Waals surface area contributed by atoms with E-state index in [4.69, 9.17) is 25.7 Å². The Labute approximate surface area is 286 Å². The number of phenolic OH excluding ortho intramolecular Hbond substituents is 2. The number of rotatable bonds is 10.